The number of benzene rings is 2. The Bertz CT molecular complexity index is 882. The molecule has 1 saturated heterocycles. The maximum absolute atomic E-state index is 6.48. The summed E-state index contributed by atoms with van der Waals surface area (Å²) in [6, 6.07) is 10.4. The standard InChI is InChI=1S/C28H41NO4/c1-6-8-9-15-32-28-22(7-2)16-24(23-12-13-25(30-4)26(17-23)31-5)18-27(28)33-20-21-11-10-14-29(3)19-21/h12-13,16-18,21H,6-11,14-15,19-20H2,1-5H3. The van der Waals surface area contributed by atoms with Crippen LogP contribution in [-0.2, 0) is 6.42 Å². The van der Waals surface area contributed by atoms with Crippen molar-refractivity contribution in [3.05, 3.63) is 35.9 Å². The molecule has 0 N–H and O–H groups in total. The first-order valence-corrected chi connectivity index (χ1v) is 12.4. The topological polar surface area (TPSA) is 40.2 Å². The predicted octanol–water partition coefficient (Wildman–Crippen LogP) is 6.22. The van der Waals surface area contributed by atoms with E-state index in [4.69, 9.17) is 18.9 Å². The van der Waals surface area contributed by atoms with E-state index in [1.54, 1.807) is 14.2 Å². The summed E-state index contributed by atoms with van der Waals surface area (Å²) < 4.78 is 23.8. The summed E-state index contributed by atoms with van der Waals surface area (Å²) in [5, 5.41) is 0. The Hall–Kier alpha value is -2.40. The minimum Gasteiger partial charge on any atom is -0.493 e. The molecule has 0 radical (unpaired) electrons. The third-order valence-electron chi connectivity index (χ3n) is 6.42. The maximum Gasteiger partial charge on any atom is 0.164 e. The molecule has 1 heterocycles. The molecule has 5 nitrogen and oxygen atoms in total. The monoisotopic (exact) mass is 455 g/mol. The predicted molar refractivity (Wildman–Crippen MR) is 135 cm³/mol. The lowest BCUT2D eigenvalue weighted by Gasteiger charge is -2.30. The third-order valence-corrected chi connectivity index (χ3v) is 6.42. The molecule has 0 spiro atoms. The second-order valence-electron chi connectivity index (χ2n) is 9.02. The van der Waals surface area contributed by atoms with Crippen LogP contribution in [0.25, 0.3) is 11.1 Å². The average Bonchev–Trinajstić information content (AvgIpc) is 2.85. The number of piperidine rings is 1. The van der Waals surface area contributed by atoms with Gasteiger partial charge in [-0.25, -0.2) is 0 Å². The van der Waals surface area contributed by atoms with Crippen LogP contribution in [0.4, 0.5) is 0 Å². The molecule has 1 unspecified atom stereocenters. The molecule has 2 aromatic carbocycles. The largest absolute Gasteiger partial charge is 0.493 e. The smallest absolute Gasteiger partial charge is 0.164 e. The molecule has 33 heavy (non-hydrogen) atoms. The van der Waals surface area contributed by atoms with Gasteiger partial charge in [-0.05, 0) is 80.2 Å². The highest BCUT2D eigenvalue weighted by Gasteiger charge is 2.20. The van der Waals surface area contributed by atoms with Gasteiger partial charge in [0.2, 0.25) is 0 Å². The van der Waals surface area contributed by atoms with Crippen LogP contribution < -0.4 is 18.9 Å². The summed E-state index contributed by atoms with van der Waals surface area (Å²) in [6.45, 7) is 8.09. The Kier molecular flexibility index (Phi) is 9.74. The van der Waals surface area contributed by atoms with E-state index < -0.39 is 0 Å². The van der Waals surface area contributed by atoms with Gasteiger partial charge in [0, 0.05) is 12.5 Å². The molecule has 0 aliphatic carbocycles. The Morgan fingerprint density at radius 2 is 1.70 bits per heavy atom. The van der Waals surface area contributed by atoms with Crippen molar-refractivity contribution in [2.45, 2.75) is 52.4 Å². The van der Waals surface area contributed by atoms with Crippen molar-refractivity contribution in [1.82, 2.24) is 4.90 Å². The van der Waals surface area contributed by atoms with Crippen molar-refractivity contribution in [2.75, 3.05) is 47.6 Å². The molecule has 1 aliphatic rings. The summed E-state index contributed by atoms with van der Waals surface area (Å²) in [6.07, 6.45) is 6.75. The Balaban J connectivity index is 1.91. The Morgan fingerprint density at radius 1 is 0.909 bits per heavy atom. The minimum atomic E-state index is 0.548. The molecule has 2 aromatic rings. The Labute approximate surface area is 200 Å². The first kappa shape index (κ1) is 25.2. The molecular weight excluding hydrogens is 414 g/mol. The van der Waals surface area contributed by atoms with E-state index in [1.807, 2.05) is 12.1 Å². The zero-order chi connectivity index (χ0) is 23.6. The van der Waals surface area contributed by atoms with Crippen molar-refractivity contribution >= 4 is 0 Å². The summed E-state index contributed by atoms with van der Waals surface area (Å²) in [5.41, 5.74) is 3.35. The van der Waals surface area contributed by atoms with E-state index in [-0.39, 0.29) is 0 Å². The third kappa shape index (κ3) is 6.80. The summed E-state index contributed by atoms with van der Waals surface area (Å²) in [7, 11) is 5.52. The van der Waals surface area contributed by atoms with Crippen molar-refractivity contribution < 1.29 is 18.9 Å². The summed E-state index contributed by atoms with van der Waals surface area (Å²) in [4.78, 5) is 2.40. The minimum absolute atomic E-state index is 0.548. The van der Waals surface area contributed by atoms with E-state index in [1.165, 1.54) is 37.8 Å². The van der Waals surface area contributed by atoms with Crippen LogP contribution in [0.5, 0.6) is 23.0 Å². The van der Waals surface area contributed by atoms with Crippen molar-refractivity contribution in [3.63, 3.8) is 0 Å². The fraction of sp³-hybridized carbons (Fsp3) is 0.571. The molecule has 0 aromatic heterocycles. The van der Waals surface area contributed by atoms with Crippen LogP contribution in [0.15, 0.2) is 30.3 Å². The number of nitrogens with zero attached hydrogens (tertiary/aromatic N) is 1. The number of methoxy groups -OCH3 is 2. The highest BCUT2D eigenvalue weighted by molar-refractivity contribution is 5.71. The molecule has 0 bridgehead atoms. The molecule has 0 saturated carbocycles. The fourth-order valence-corrected chi connectivity index (χ4v) is 4.52. The lowest BCUT2D eigenvalue weighted by molar-refractivity contribution is 0.146. The number of hydrogen-bond donors (Lipinski definition) is 0. The van der Waals surface area contributed by atoms with E-state index >= 15 is 0 Å². The zero-order valence-corrected chi connectivity index (χ0v) is 21.1. The van der Waals surface area contributed by atoms with Gasteiger partial charge in [-0.15, -0.1) is 0 Å². The molecule has 1 aliphatic heterocycles. The number of likely N-dealkylation sites (tertiary alicyclic amines) is 1. The second-order valence-corrected chi connectivity index (χ2v) is 9.02. The van der Waals surface area contributed by atoms with Gasteiger partial charge in [0.05, 0.1) is 27.4 Å². The zero-order valence-electron chi connectivity index (χ0n) is 21.1. The number of rotatable bonds is 12. The molecule has 182 valence electrons. The maximum atomic E-state index is 6.48. The van der Waals surface area contributed by atoms with E-state index in [2.05, 4.69) is 44.0 Å². The summed E-state index contributed by atoms with van der Waals surface area (Å²) in [5.74, 6) is 3.75. The van der Waals surface area contributed by atoms with Gasteiger partial charge in [0.25, 0.3) is 0 Å². The van der Waals surface area contributed by atoms with Gasteiger partial charge in [-0.1, -0.05) is 32.8 Å². The van der Waals surface area contributed by atoms with Crippen LogP contribution in [-0.4, -0.2) is 52.5 Å². The average molecular weight is 456 g/mol. The van der Waals surface area contributed by atoms with Gasteiger partial charge in [-0.2, -0.15) is 0 Å². The highest BCUT2D eigenvalue weighted by Crippen LogP contribution is 2.40. The van der Waals surface area contributed by atoms with Gasteiger partial charge >= 0.3 is 0 Å². The van der Waals surface area contributed by atoms with Gasteiger partial charge in [-0.3, -0.25) is 0 Å². The van der Waals surface area contributed by atoms with E-state index in [0.717, 1.165) is 60.1 Å². The van der Waals surface area contributed by atoms with Crippen molar-refractivity contribution in [3.8, 4) is 34.1 Å². The van der Waals surface area contributed by atoms with Crippen LogP contribution in [0.1, 0.15) is 51.5 Å². The second kappa shape index (κ2) is 12.7. The number of aryl methyl sites for hydroxylation is 1. The van der Waals surface area contributed by atoms with Crippen molar-refractivity contribution in [2.24, 2.45) is 5.92 Å². The van der Waals surface area contributed by atoms with Crippen LogP contribution in [0.3, 0.4) is 0 Å². The summed E-state index contributed by atoms with van der Waals surface area (Å²) >= 11 is 0. The van der Waals surface area contributed by atoms with Crippen LogP contribution in [0.2, 0.25) is 0 Å². The highest BCUT2D eigenvalue weighted by atomic mass is 16.5. The molecular formula is C28H41NO4. The van der Waals surface area contributed by atoms with E-state index in [0.29, 0.717) is 12.5 Å². The quantitative estimate of drug-likeness (QED) is 0.355. The number of unbranched alkanes of at least 4 members (excludes halogenated alkanes) is 2. The molecule has 1 atom stereocenters. The molecule has 5 heteroatoms. The van der Waals surface area contributed by atoms with Gasteiger partial charge in [0.15, 0.2) is 23.0 Å². The van der Waals surface area contributed by atoms with Crippen LogP contribution in [0, 0.1) is 5.92 Å². The lowest BCUT2D eigenvalue weighted by Crippen LogP contribution is -2.34. The number of ether oxygens (including phenoxy) is 4. The SMILES string of the molecule is CCCCCOc1c(CC)cc(-c2ccc(OC)c(OC)c2)cc1OCC1CCCN(C)C1. The first-order chi connectivity index (χ1) is 16.1. The van der Waals surface area contributed by atoms with E-state index in [9.17, 15) is 0 Å². The van der Waals surface area contributed by atoms with Crippen LogP contribution >= 0.6 is 0 Å². The first-order valence-electron chi connectivity index (χ1n) is 12.4. The molecule has 3 rings (SSSR count). The fourth-order valence-electron chi connectivity index (χ4n) is 4.52. The number of hydrogen-bond acceptors (Lipinski definition) is 5. The van der Waals surface area contributed by atoms with Crippen molar-refractivity contribution in [1.29, 1.82) is 0 Å². The van der Waals surface area contributed by atoms with Gasteiger partial charge < -0.3 is 23.8 Å². The van der Waals surface area contributed by atoms with Gasteiger partial charge in [0.1, 0.15) is 0 Å². The lowest BCUT2D eigenvalue weighted by atomic mass is 9.98. The Morgan fingerprint density at radius 3 is 2.39 bits per heavy atom. The molecule has 1 fully saturated rings. The molecule has 0 amide bonds. The normalized spacial score (nSPS) is 16.5.